The van der Waals surface area contributed by atoms with E-state index in [9.17, 15) is 24.6 Å². The number of rotatable bonds is 4. The Bertz CT molecular complexity index is 1240. The van der Waals surface area contributed by atoms with Crippen LogP contribution in [0.3, 0.4) is 0 Å². The van der Waals surface area contributed by atoms with Gasteiger partial charge >= 0.3 is 6.09 Å². The zero-order valence-corrected chi connectivity index (χ0v) is 22.5. The summed E-state index contributed by atoms with van der Waals surface area (Å²) in [5, 5.41) is 24.5. The van der Waals surface area contributed by atoms with Crippen LogP contribution >= 0.6 is 0 Å². The molecule has 10 heteroatoms. The highest BCUT2D eigenvalue weighted by atomic mass is 16.6. The molecule has 0 saturated heterocycles. The summed E-state index contributed by atoms with van der Waals surface area (Å²) < 4.78 is 11.0. The van der Waals surface area contributed by atoms with Crippen LogP contribution in [-0.4, -0.2) is 58.4 Å². The number of ether oxygens (including phenoxy) is 2. The number of Topliss-reactive ketones (excluding diaryl/α,β-unsaturated/α-hetero) is 1. The Morgan fingerprint density at radius 1 is 1.26 bits per heavy atom. The molecular weight excluding hydrogens is 490 g/mol. The minimum Gasteiger partial charge on any atom is -0.480 e. The lowest BCUT2D eigenvalue weighted by molar-refractivity contribution is -0.385. The van der Waals surface area contributed by atoms with E-state index in [0.29, 0.717) is 6.42 Å². The minimum absolute atomic E-state index is 0.0623. The summed E-state index contributed by atoms with van der Waals surface area (Å²) in [7, 11) is 1.40. The monoisotopic (exact) mass is 527 g/mol. The van der Waals surface area contributed by atoms with Gasteiger partial charge in [-0.3, -0.25) is 14.9 Å². The molecule has 10 nitrogen and oxygen atoms in total. The van der Waals surface area contributed by atoms with Crippen molar-refractivity contribution in [3.63, 3.8) is 0 Å². The van der Waals surface area contributed by atoms with Crippen molar-refractivity contribution in [3.8, 4) is 5.88 Å². The van der Waals surface area contributed by atoms with E-state index in [1.165, 1.54) is 19.4 Å². The average Bonchev–Trinajstić information content (AvgIpc) is 2.87. The first-order chi connectivity index (χ1) is 17.7. The van der Waals surface area contributed by atoms with Gasteiger partial charge in [-0.1, -0.05) is 33.8 Å². The van der Waals surface area contributed by atoms with E-state index >= 15 is 0 Å². The lowest BCUT2D eigenvalue weighted by atomic mass is 9.17. The average molecular weight is 528 g/mol. The van der Waals surface area contributed by atoms with Gasteiger partial charge in [-0.15, -0.1) is 6.58 Å². The molecule has 2 spiro atoms. The quantitative estimate of drug-likeness (QED) is 0.431. The molecule has 2 unspecified atom stereocenters. The maximum atomic E-state index is 13.3. The lowest BCUT2D eigenvalue weighted by Gasteiger charge is -2.85. The molecule has 4 aliphatic carbocycles. The van der Waals surface area contributed by atoms with Gasteiger partial charge in [-0.25, -0.2) is 9.78 Å². The van der Waals surface area contributed by atoms with Crippen LogP contribution in [0.25, 0.3) is 0 Å². The zero-order valence-electron chi connectivity index (χ0n) is 22.5. The normalized spacial score (nSPS) is 44.8. The largest absolute Gasteiger partial charge is 0.480 e. The number of carbonyl (C=O) groups is 3. The number of nitrogen functional groups attached to an aromatic ring is 1. The van der Waals surface area contributed by atoms with Crippen LogP contribution in [0.15, 0.2) is 24.9 Å². The van der Waals surface area contributed by atoms with Gasteiger partial charge in [0.15, 0.2) is 5.78 Å². The number of aliphatic hydroxyl groups is 2. The molecule has 4 aliphatic rings. The number of aliphatic hydroxyl groups excluding tert-OH is 2. The molecule has 0 aliphatic heterocycles. The topological polar surface area (TPSA) is 161 Å². The molecule has 38 heavy (non-hydrogen) atoms. The first-order valence-electron chi connectivity index (χ1n) is 13.1. The van der Waals surface area contributed by atoms with Gasteiger partial charge in [-0.2, -0.15) is 0 Å². The standard InChI is InChI=1S/C28H37N3O7/c1-7-25(4)10-18(38-24(36)31-21(35)15-8-16(29)22(37-6)30-11-15)26(5)14(3)28-12-27(23(26)28,13(2)19(25)33)9-17(32)20(28)34/h7-8,11,13-14,17-19,23,32-33H,1,9-10,12,29H2,2-6H3,(H,31,35,36)/t13-,14?,17-,18+,19-,23-,25+,26-,27+,28?/m0/s1. The van der Waals surface area contributed by atoms with E-state index < -0.39 is 52.0 Å². The number of carbonyl (C=O) groups excluding carboxylic acids is 3. The summed E-state index contributed by atoms with van der Waals surface area (Å²) in [4.78, 5) is 43.1. The number of aromatic nitrogens is 1. The third-order valence-corrected chi connectivity index (χ3v) is 11.0. The van der Waals surface area contributed by atoms with E-state index in [4.69, 9.17) is 15.2 Å². The van der Waals surface area contributed by atoms with Crippen LogP contribution < -0.4 is 15.8 Å². The maximum Gasteiger partial charge on any atom is 0.414 e. The van der Waals surface area contributed by atoms with Crippen molar-refractivity contribution in [1.82, 2.24) is 10.3 Å². The van der Waals surface area contributed by atoms with Gasteiger partial charge in [0, 0.05) is 22.4 Å². The summed E-state index contributed by atoms with van der Waals surface area (Å²) in [5.41, 5.74) is 3.46. The Labute approximate surface area is 222 Å². The Balaban J connectivity index is 1.46. The molecule has 206 valence electrons. The van der Waals surface area contributed by atoms with Crippen LogP contribution in [0.4, 0.5) is 10.5 Å². The number of nitrogens with zero attached hydrogens (tertiary/aromatic N) is 1. The summed E-state index contributed by atoms with van der Waals surface area (Å²) in [5.74, 6) is -1.26. The number of imide groups is 1. The molecule has 10 atom stereocenters. The van der Waals surface area contributed by atoms with Crippen molar-refractivity contribution in [2.75, 3.05) is 12.8 Å². The smallest absolute Gasteiger partial charge is 0.414 e. The number of ketones is 1. The predicted octanol–water partition coefficient (Wildman–Crippen LogP) is 2.48. The second-order valence-electron chi connectivity index (χ2n) is 12.4. The van der Waals surface area contributed by atoms with Crippen molar-refractivity contribution in [2.24, 2.45) is 39.4 Å². The summed E-state index contributed by atoms with van der Waals surface area (Å²) in [6, 6.07) is 1.35. The van der Waals surface area contributed by atoms with Crippen molar-refractivity contribution >= 4 is 23.5 Å². The molecule has 4 fully saturated rings. The summed E-state index contributed by atoms with van der Waals surface area (Å²) in [6.07, 6.45) is 0.514. The number of amides is 2. The Kier molecular flexibility index (Phi) is 5.79. The fraction of sp³-hybridized carbons (Fsp3) is 0.643. The number of nitrogens with two attached hydrogens (primary N) is 1. The van der Waals surface area contributed by atoms with E-state index in [2.05, 4.69) is 16.9 Å². The molecule has 2 bridgehead atoms. The van der Waals surface area contributed by atoms with Gasteiger partial charge in [0.25, 0.3) is 5.91 Å². The SMILES string of the molecule is C=C[C@]1(C)C[C@@H](OC(=O)NC(=O)c2cnc(OC)c(N)c2)[C@]2(C)C(C)C34C[C@@](C[C@H](O)C3=O)([C@@H]42)[C@@H](C)[C@@H]1O. The van der Waals surface area contributed by atoms with Crippen LogP contribution in [-0.2, 0) is 9.53 Å². The van der Waals surface area contributed by atoms with Crippen LogP contribution in [0, 0.1) is 39.4 Å². The number of alkyl carbamates (subject to hydrolysis) is 1. The van der Waals surface area contributed by atoms with Crippen molar-refractivity contribution in [2.45, 2.75) is 65.3 Å². The number of hydrogen-bond donors (Lipinski definition) is 4. The van der Waals surface area contributed by atoms with Gasteiger partial charge < -0.3 is 25.4 Å². The highest BCUT2D eigenvalue weighted by molar-refractivity contribution is 6.03. The van der Waals surface area contributed by atoms with E-state index in [-0.39, 0.29) is 53.5 Å². The van der Waals surface area contributed by atoms with E-state index in [0.717, 1.165) is 0 Å². The first-order valence-corrected chi connectivity index (χ1v) is 13.1. The van der Waals surface area contributed by atoms with E-state index in [1.54, 1.807) is 6.08 Å². The molecule has 2 amide bonds. The summed E-state index contributed by atoms with van der Waals surface area (Å²) >= 11 is 0. The second kappa shape index (κ2) is 8.26. The maximum absolute atomic E-state index is 13.3. The minimum atomic E-state index is -1.07. The molecule has 0 aromatic carbocycles. The summed E-state index contributed by atoms with van der Waals surface area (Å²) in [6.45, 7) is 11.9. The lowest BCUT2D eigenvalue weighted by Crippen LogP contribution is -2.87. The Hall–Kier alpha value is -2.98. The molecule has 5 N–H and O–H groups in total. The van der Waals surface area contributed by atoms with E-state index in [1.807, 2.05) is 27.7 Å². The Morgan fingerprint density at radius 2 is 1.95 bits per heavy atom. The number of hydrogen-bond acceptors (Lipinski definition) is 9. The van der Waals surface area contributed by atoms with Crippen LogP contribution in [0.1, 0.15) is 57.3 Å². The third kappa shape index (κ3) is 3.07. The van der Waals surface area contributed by atoms with Gasteiger partial charge in [-0.05, 0) is 48.5 Å². The Morgan fingerprint density at radius 3 is 2.55 bits per heavy atom. The second-order valence-corrected chi connectivity index (χ2v) is 12.4. The first kappa shape index (κ1) is 26.6. The van der Waals surface area contributed by atoms with Gasteiger partial charge in [0.05, 0.1) is 24.5 Å². The van der Waals surface area contributed by atoms with Gasteiger partial charge in [0.2, 0.25) is 5.88 Å². The number of pyridine rings is 1. The van der Waals surface area contributed by atoms with Crippen LogP contribution in [0.2, 0.25) is 0 Å². The number of methoxy groups -OCH3 is 1. The molecule has 4 saturated carbocycles. The van der Waals surface area contributed by atoms with Crippen molar-refractivity contribution < 1.29 is 34.1 Å². The zero-order chi connectivity index (χ0) is 28.0. The fourth-order valence-electron chi connectivity index (χ4n) is 8.97. The van der Waals surface area contributed by atoms with Crippen LogP contribution in [0.5, 0.6) is 5.88 Å². The molecule has 1 aromatic heterocycles. The predicted molar refractivity (Wildman–Crippen MR) is 137 cm³/mol. The van der Waals surface area contributed by atoms with Crippen molar-refractivity contribution in [3.05, 3.63) is 30.5 Å². The molecule has 1 aromatic rings. The highest BCUT2D eigenvalue weighted by Gasteiger charge is 2.88. The van der Waals surface area contributed by atoms with Gasteiger partial charge in [0.1, 0.15) is 12.2 Å². The fourth-order valence-corrected chi connectivity index (χ4v) is 8.97. The highest BCUT2D eigenvalue weighted by Crippen LogP contribution is 2.87. The molecule has 0 radical (unpaired) electrons. The molecule has 5 rings (SSSR count). The van der Waals surface area contributed by atoms with Crippen molar-refractivity contribution in [1.29, 1.82) is 0 Å². The molecular formula is C28H37N3O7. The third-order valence-electron chi connectivity index (χ3n) is 11.0. The number of anilines is 1. The number of nitrogens with one attached hydrogen (secondary N) is 1. The molecule has 1 heterocycles.